The van der Waals surface area contributed by atoms with Gasteiger partial charge in [0.2, 0.25) is 5.91 Å². The molecule has 5 rings (SSSR count). The molecular formula is C23H33N3O2. The number of rotatable bonds is 6. The number of fused-ring (bicyclic) bond motifs is 4. The first kappa shape index (κ1) is 19.4. The van der Waals surface area contributed by atoms with Gasteiger partial charge in [-0.3, -0.25) is 14.5 Å². The lowest BCUT2D eigenvalue weighted by atomic mass is 9.83. The number of nitrogens with zero attached hydrogens (tertiary/aromatic N) is 2. The van der Waals surface area contributed by atoms with E-state index in [0.717, 1.165) is 31.1 Å². The normalized spacial score (nSPS) is 25.2. The summed E-state index contributed by atoms with van der Waals surface area (Å²) in [6.07, 6.45) is 7.03. The maximum absolute atomic E-state index is 12.8. The lowest BCUT2D eigenvalue weighted by Crippen LogP contribution is -2.47. The monoisotopic (exact) mass is 383 g/mol. The predicted octanol–water partition coefficient (Wildman–Crippen LogP) is 2.84. The second kappa shape index (κ2) is 8.64. The summed E-state index contributed by atoms with van der Waals surface area (Å²) in [6, 6.07) is 8.06. The number of nitrogens with one attached hydrogen (secondary N) is 1. The molecule has 0 unspecified atom stereocenters. The molecule has 1 aliphatic carbocycles. The molecule has 2 amide bonds. The van der Waals surface area contributed by atoms with Crippen LogP contribution >= 0.6 is 0 Å². The number of hydrogen-bond donors (Lipinski definition) is 1. The zero-order chi connectivity index (χ0) is 19.5. The third-order valence-corrected chi connectivity index (χ3v) is 6.84. The molecule has 2 atom stereocenters. The van der Waals surface area contributed by atoms with E-state index in [4.69, 9.17) is 0 Å². The third kappa shape index (κ3) is 4.57. The highest BCUT2D eigenvalue weighted by Gasteiger charge is 2.37. The largest absolute Gasteiger partial charge is 0.352 e. The van der Waals surface area contributed by atoms with Crippen molar-refractivity contribution >= 4 is 11.8 Å². The number of carbonyl (C=O) groups excluding carboxylic acids is 2. The number of aryl methyl sites for hydroxylation is 1. The van der Waals surface area contributed by atoms with E-state index in [1.807, 2.05) is 31.2 Å². The molecule has 3 heterocycles. The molecule has 3 aliphatic heterocycles. The highest BCUT2D eigenvalue weighted by atomic mass is 16.2. The summed E-state index contributed by atoms with van der Waals surface area (Å²) in [5.74, 6) is 1.59. The Morgan fingerprint density at radius 1 is 1.04 bits per heavy atom. The Hall–Kier alpha value is -1.88. The second-order valence-electron chi connectivity index (χ2n) is 9.02. The number of piperidine rings is 1. The summed E-state index contributed by atoms with van der Waals surface area (Å²) in [5.41, 5.74) is 1.78. The maximum atomic E-state index is 12.8. The molecule has 0 aromatic heterocycles. The lowest BCUT2D eigenvalue weighted by Gasteiger charge is -2.40. The van der Waals surface area contributed by atoms with E-state index in [-0.39, 0.29) is 11.8 Å². The van der Waals surface area contributed by atoms with Gasteiger partial charge in [-0.25, -0.2) is 0 Å². The van der Waals surface area contributed by atoms with E-state index in [9.17, 15) is 9.59 Å². The quantitative estimate of drug-likeness (QED) is 0.822. The van der Waals surface area contributed by atoms with E-state index in [1.54, 1.807) is 0 Å². The number of amides is 2. The summed E-state index contributed by atoms with van der Waals surface area (Å²) in [7, 11) is 0. The van der Waals surface area contributed by atoms with Crippen LogP contribution in [0, 0.1) is 18.8 Å². The molecule has 4 fully saturated rings. The van der Waals surface area contributed by atoms with Gasteiger partial charge in [0.15, 0.2) is 0 Å². The standard InChI is InChI=1S/C23H33N3O2/c1-17-5-8-20(9-6-17)23(28)24-12-11-22(27)26-15-19-7-10-21(16-26)25(14-19)13-18-3-2-4-18/h5-6,8-9,18-19,21H,2-4,7,10-16H2,1H3,(H,24,28)/t19-,21-/m0/s1. The van der Waals surface area contributed by atoms with E-state index < -0.39 is 0 Å². The molecule has 28 heavy (non-hydrogen) atoms. The van der Waals surface area contributed by atoms with Crippen LogP contribution in [0.3, 0.4) is 0 Å². The Balaban J connectivity index is 1.25. The Bertz CT molecular complexity index is 698. The molecular weight excluding hydrogens is 350 g/mol. The van der Waals surface area contributed by atoms with Gasteiger partial charge in [0.05, 0.1) is 0 Å². The van der Waals surface area contributed by atoms with Crippen LogP contribution in [0.2, 0.25) is 0 Å². The van der Waals surface area contributed by atoms with Gasteiger partial charge < -0.3 is 10.2 Å². The fourth-order valence-corrected chi connectivity index (χ4v) is 4.86. The van der Waals surface area contributed by atoms with Crippen molar-refractivity contribution in [3.8, 4) is 0 Å². The summed E-state index contributed by atoms with van der Waals surface area (Å²) in [6.45, 7) is 6.56. The van der Waals surface area contributed by atoms with Crippen molar-refractivity contribution in [2.24, 2.45) is 11.8 Å². The third-order valence-electron chi connectivity index (χ3n) is 6.84. The van der Waals surface area contributed by atoms with Crippen molar-refractivity contribution in [2.45, 2.75) is 51.5 Å². The van der Waals surface area contributed by atoms with E-state index in [0.29, 0.717) is 30.5 Å². The van der Waals surface area contributed by atoms with Crippen LogP contribution in [0.4, 0.5) is 0 Å². The predicted molar refractivity (Wildman–Crippen MR) is 110 cm³/mol. The zero-order valence-corrected chi connectivity index (χ0v) is 17.0. The topological polar surface area (TPSA) is 52.7 Å². The average molecular weight is 384 g/mol. The summed E-state index contributed by atoms with van der Waals surface area (Å²) in [5, 5.41) is 2.90. The van der Waals surface area contributed by atoms with Gasteiger partial charge in [0, 0.05) is 50.7 Å². The van der Waals surface area contributed by atoms with Crippen LogP contribution in [0.25, 0.3) is 0 Å². The van der Waals surface area contributed by atoms with Crippen molar-refractivity contribution < 1.29 is 9.59 Å². The van der Waals surface area contributed by atoms with Crippen LogP contribution in [-0.2, 0) is 4.79 Å². The van der Waals surface area contributed by atoms with Crippen molar-refractivity contribution in [3.05, 3.63) is 35.4 Å². The average Bonchev–Trinajstić information content (AvgIpc) is 2.97. The number of carbonyl (C=O) groups is 2. The fourth-order valence-electron chi connectivity index (χ4n) is 4.86. The zero-order valence-electron chi connectivity index (χ0n) is 17.0. The van der Waals surface area contributed by atoms with Gasteiger partial charge >= 0.3 is 0 Å². The molecule has 1 aromatic carbocycles. The smallest absolute Gasteiger partial charge is 0.251 e. The molecule has 152 valence electrons. The first-order valence-electron chi connectivity index (χ1n) is 10.9. The Morgan fingerprint density at radius 2 is 1.82 bits per heavy atom. The van der Waals surface area contributed by atoms with Crippen LogP contribution in [-0.4, -0.2) is 60.4 Å². The molecule has 1 N–H and O–H groups in total. The van der Waals surface area contributed by atoms with Gasteiger partial charge in [-0.1, -0.05) is 24.1 Å². The second-order valence-corrected chi connectivity index (χ2v) is 9.02. The highest BCUT2D eigenvalue weighted by molar-refractivity contribution is 5.94. The molecule has 5 heteroatoms. The molecule has 2 bridgehead atoms. The fraction of sp³-hybridized carbons (Fsp3) is 0.652. The Morgan fingerprint density at radius 3 is 2.54 bits per heavy atom. The summed E-state index contributed by atoms with van der Waals surface area (Å²) < 4.78 is 0. The van der Waals surface area contributed by atoms with E-state index in [1.165, 1.54) is 38.6 Å². The van der Waals surface area contributed by atoms with Crippen LogP contribution < -0.4 is 5.32 Å². The minimum Gasteiger partial charge on any atom is -0.352 e. The minimum atomic E-state index is -0.101. The molecule has 1 aromatic rings. The van der Waals surface area contributed by atoms with Crippen molar-refractivity contribution in [3.63, 3.8) is 0 Å². The van der Waals surface area contributed by atoms with Gasteiger partial charge in [-0.15, -0.1) is 0 Å². The van der Waals surface area contributed by atoms with Crippen LogP contribution in [0.1, 0.15) is 54.4 Å². The van der Waals surface area contributed by atoms with Crippen molar-refractivity contribution in [2.75, 3.05) is 32.7 Å². The minimum absolute atomic E-state index is 0.101. The Labute approximate surface area is 168 Å². The number of hydrogen-bond acceptors (Lipinski definition) is 3. The van der Waals surface area contributed by atoms with Crippen LogP contribution in [0.5, 0.6) is 0 Å². The highest BCUT2D eigenvalue weighted by Crippen LogP contribution is 2.33. The molecule has 0 spiro atoms. The van der Waals surface area contributed by atoms with Gasteiger partial charge in [-0.2, -0.15) is 0 Å². The van der Waals surface area contributed by atoms with Gasteiger partial charge in [-0.05, 0) is 56.6 Å². The molecule has 0 radical (unpaired) electrons. The first-order chi connectivity index (χ1) is 13.6. The first-order valence-corrected chi connectivity index (χ1v) is 10.9. The lowest BCUT2D eigenvalue weighted by molar-refractivity contribution is -0.131. The SMILES string of the molecule is Cc1ccc(C(=O)NCCC(=O)N2C[C@H]3CC[C@@H](C2)N(CC2CCC2)C3)cc1. The van der Waals surface area contributed by atoms with Gasteiger partial charge in [0.1, 0.15) is 0 Å². The summed E-state index contributed by atoms with van der Waals surface area (Å²) >= 11 is 0. The van der Waals surface area contributed by atoms with E-state index >= 15 is 0 Å². The molecule has 3 saturated heterocycles. The van der Waals surface area contributed by atoms with Crippen LogP contribution in [0.15, 0.2) is 24.3 Å². The van der Waals surface area contributed by atoms with Gasteiger partial charge in [0.25, 0.3) is 5.91 Å². The van der Waals surface area contributed by atoms with E-state index in [2.05, 4.69) is 15.1 Å². The summed E-state index contributed by atoms with van der Waals surface area (Å²) in [4.78, 5) is 29.7. The maximum Gasteiger partial charge on any atom is 0.251 e. The Kier molecular flexibility index (Phi) is 6.00. The number of benzene rings is 1. The molecule has 5 nitrogen and oxygen atoms in total. The molecule has 1 saturated carbocycles. The van der Waals surface area contributed by atoms with Crippen molar-refractivity contribution in [1.82, 2.24) is 15.1 Å². The van der Waals surface area contributed by atoms with Crippen molar-refractivity contribution in [1.29, 1.82) is 0 Å². The molecule has 4 aliphatic rings.